The van der Waals surface area contributed by atoms with E-state index in [-0.39, 0.29) is 30.2 Å². The Morgan fingerprint density at radius 2 is 1.56 bits per heavy atom. The molecule has 1 N–H and O–H groups in total. The summed E-state index contributed by atoms with van der Waals surface area (Å²) in [5.74, 6) is -0.0940. The lowest BCUT2D eigenvalue weighted by molar-refractivity contribution is -0.133. The molecule has 2 aromatic rings. The summed E-state index contributed by atoms with van der Waals surface area (Å²) in [7, 11) is 0. The minimum atomic E-state index is -0.184. The highest BCUT2D eigenvalue weighted by molar-refractivity contribution is 6.30. The second kappa shape index (κ2) is 12.9. The van der Waals surface area contributed by atoms with E-state index in [1.165, 1.54) is 11.1 Å². The molecule has 0 radical (unpaired) electrons. The van der Waals surface area contributed by atoms with Crippen LogP contribution in [0.25, 0.3) is 0 Å². The van der Waals surface area contributed by atoms with Crippen molar-refractivity contribution in [3.8, 4) is 0 Å². The molecule has 0 spiro atoms. The van der Waals surface area contributed by atoms with Crippen LogP contribution in [0.5, 0.6) is 0 Å². The zero-order valence-corrected chi connectivity index (χ0v) is 21.5. The number of carbonyl (C=O) groups is 2. The van der Waals surface area contributed by atoms with Gasteiger partial charge >= 0.3 is 0 Å². The molecule has 1 unspecified atom stereocenters. The number of carbonyl (C=O) groups excluding carboxylic acids is 2. The molecule has 184 valence electrons. The fourth-order valence-electron chi connectivity index (χ4n) is 4.95. The van der Waals surface area contributed by atoms with E-state index in [0.29, 0.717) is 24.5 Å². The van der Waals surface area contributed by atoms with Crippen molar-refractivity contribution in [2.45, 2.75) is 58.4 Å². The molecular formula is C28H38ClN3O2. The van der Waals surface area contributed by atoms with Gasteiger partial charge in [0, 0.05) is 49.5 Å². The molecule has 2 amide bonds. The Kier molecular flexibility index (Phi) is 9.97. The third-order valence-electron chi connectivity index (χ3n) is 6.97. The van der Waals surface area contributed by atoms with Crippen molar-refractivity contribution >= 4 is 23.4 Å². The van der Waals surface area contributed by atoms with Crippen LogP contribution in [-0.4, -0.2) is 60.4 Å². The van der Waals surface area contributed by atoms with Crippen molar-refractivity contribution in [1.29, 1.82) is 0 Å². The van der Waals surface area contributed by atoms with Crippen molar-refractivity contribution < 1.29 is 9.59 Å². The average molecular weight is 484 g/mol. The quantitative estimate of drug-likeness (QED) is 0.477. The van der Waals surface area contributed by atoms with Gasteiger partial charge in [0.2, 0.25) is 11.8 Å². The summed E-state index contributed by atoms with van der Waals surface area (Å²) in [6.45, 7) is 10.3. The molecule has 6 heteroatoms. The highest BCUT2D eigenvalue weighted by Crippen LogP contribution is 2.29. The molecule has 0 aromatic heterocycles. The molecule has 1 aliphatic carbocycles. The van der Waals surface area contributed by atoms with Crippen LogP contribution in [0.15, 0.2) is 48.5 Å². The van der Waals surface area contributed by atoms with Crippen molar-refractivity contribution in [1.82, 2.24) is 15.1 Å². The predicted molar refractivity (Wildman–Crippen MR) is 139 cm³/mol. The molecule has 0 fully saturated rings. The van der Waals surface area contributed by atoms with Gasteiger partial charge in [0.15, 0.2) is 0 Å². The van der Waals surface area contributed by atoms with Crippen LogP contribution in [0.4, 0.5) is 0 Å². The summed E-state index contributed by atoms with van der Waals surface area (Å²) < 4.78 is 0. The SMILES string of the molecule is CCN(CC)CCNC(=O)CC(CC(=O)N(CC)C1Cc2ccccc2C1)c1ccc(Cl)cc1. The zero-order chi connectivity index (χ0) is 24.5. The second-order valence-electron chi connectivity index (χ2n) is 9.04. The van der Waals surface area contributed by atoms with Gasteiger partial charge in [-0.15, -0.1) is 0 Å². The first kappa shape index (κ1) is 26.2. The van der Waals surface area contributed by atoms with Gasteiger partial charge in [0.1, 0.15) is 0 Å². The summed E-state index contributed by atoms with van der Waals surface area (Å²) >= 11 is 6.10. The Labute approximate surface area is 209 Å². The van der Waals surface area contributed by atoms with Gasteiger partial charge in [0.25, 0.3) is 0 Å². The number of hydrogen-bond donors (Lipinski definition) is 1. The molecule has 34 heavy (non-hydrogen) atoms. The molecule has 0 saturated heterocycles. The van der Waals surface area contributed by atoms with Crippen LogP contribution in [0.1, 0.15) is 56.2 Å². The Morgan fingerprint density at radius 1 is 0.941 bits per heavy atom. The highest BCUT2D eigenvalue weighted by atomic mass is 35.5. The summed E-state index contributed by atoms with van der Waals surface area (Å²) in [5, 5.41) is 3.69. The topological polar surface area (TPSA) is 52.7 Å². The maximum Gasteiger partial charge on any atom is 0.223 e. The van der Waals surface area contributed by atoms with Gasteiger partial charge in [-0.2, -0.15) is 0 Å². The molecule has 2 aromatic carbocycles. The van der Waals surface area contributed by atoms with E-state index in [2.05, 4.69) is 48.3 Å². The number of hydrogen-bond acceptors (Lipinski definition) is 3. The largest absolute Gasteiger partial charge is 0.355 e. The van der Waals surface area contributed by atoms with E-state index >= 15 is 0 Å². The number of amides is 2. The smallest absolute Gasteiger partial charge is 0.223 e. The summed E-state index contributed by atoms with van der Waals surface area (Å²) in [4.78, 5) is 30.6. The fourth-order valence-corrected chi connectivity index (χ4v) is 5.08. The van der Waals surface area contributed by atoms with Gasteiger partial charge in [0.05, 0.1) is 0 Å². The monoisotopic (exact) mass is 483 g/mol. The van der Waals surface area contributed by atoms with Crippen LogP contribution in [0, 0.1) is 0 Å². The summed E-state index contributed by atoms with van der Waals surface area (Å²) in [6.07, 6.45) is 2.39. The van der Waals surface area contributed by atoms with Crippen molar-refractivity contribution in [3.05, 3.63) is 70.2 Å². The van der Waals surface area contributed by atoms with Gasteiger partial charge in [-0.3, -0.25) is 9.59 Å². The first-order chi connectivity index (χ1) is 16.4. The lowest BCUT2D eigenvalue weighted by Gasteiger charge is -2.29. The second-order valence-corrected chi connectivity index (χ2v) is 9.48. The van der Waals surface area contributed by atoms with Gasteiger partial charge in [-0.25, -0.2) is 0 Å². The molecule has 3 rings (SSSR count). The lowest BCUT2D eigenvalue weighted by Crippen LogP contribution is -2.41. The van der Waals surface area contributed by atoms with Crippen LogP contribution < -0.4 is 5.32 Å². The molecule has 1 atom stereocenters. The minimum absolute atomic E-state index is 0.0174. The normalized spacial score (nSPS) is 14.1. The zero-order valence-electron chi connectivity index (χ0n) is 20.7. The van der Waals surface area contributed by atoms with Crippen LogP contribution in [0.3, 0.4) is 0 Å². The number of rotatable bonds is 12. The Bertz CT molecular complexity index is 918. The van der Waals surface area contributed by atoms with Crippen LogP contribution >= 0.6 is 11.6 Å². The standard InChI is InChI=1S/C28H38ClN3O2/c1-4-31(5-2)16-15-30-27(33)19-24(21-11-13-25(29)14-12-21)20-28(34)32(6-3)26-17-22-9-7-8-10-23(22)18-26/h7-14,24,26H,4-6,15-20H2,1-3H3,(H,30,33). The Balaban J connectivity index is 1.66. The van der Waals surface area contributed by atoms with Crippen molar-refractivity contribution in [3.63, 3.8) is 0 Å². The maximum atomic E-state index is 13.5. The first-order valence-corrected chi connectivity index (χ1v) is 12.9. The lowest BCUT2D eigenvalue weighted by atomic mass is 9.91. The fraction of sp³-hybridized carbons (Fsp3) is 0.500. The number of halogens is 1. The Hall–Kier alpha value is -2.37. The third kappa shape index (κ3) is 7.07. The van der Waals surface area contributed by atoms with E-state index in [0.717, 1.165) is 38.0 Å². The highest BCUT2D eigenvalue weighted by Gasteiger charge is 2.30. The van der Waals surface area contributed by atoms with Gasteiger partial charge in [-0.1, -0.05) is 61.8 Å². The molecule has 0 bridgehead atoms. The third-order valence-corrected chi connectivity index (χ3v) is 7.22. The molecule has 0 aliphatic heterocycles. The number of likely N-dealkylation sites (N-methyl/N-ethyl adjacent to an activating group) is 2. The number of nitrogens with one attached hydrogen (secondary N) is 1. The Morgan fingerprint density at radius 3 is 2.12 bits per heavy atom. The molecule has 1 aliphatic rings. The summed E-state index contributed by atoms with van der Waals surface area (Å²) in [5.41, 5.74) is 3.64. The predicted octanol–water partition coefficient (Wildman–Crippen LogP) is 4.68. The van der Waals surface area contributed by atoms with Crippen molar-refractivity contribution in [2.75, 3.05) is 32.7 Å². The first-order valence-electron chi connectivity index (χ1n) is 12.6. The summed E-state index contributed by atoms with van der Waals surface area (Å²) in [6, 6.07) is 16.2. The van der Waals surface area contributed by atoms with E-state index in [4.69, 9.17) is 11.6 Å². The number of benzene rings is 2. The van der Waals surface area contributed by atoms with Gasteiger partial charge in [-0.05, 0) is 61.7 Å². The van der Waals surface area contributed by atoms with Crippen LogP contribution in [-0.2, 0) is 22.4 Å². The number of fused-ring (bicyclic) bond motifs is 1. The molecule has 0 saturated carbocycles. The van der Waals surface area contributed by atoms with E-state index in [9.17, 15) is 9.59 Å². The maximum absolute atomic E-state index is 13.5. The average Bonchev–Trinajstić information content (AvgIpc) is 3.26. The van der Waals surface area contributed by atoms with E-state index < -0.39 is 0 Å². The number of nitrogens with zero attached hydrogens (tertiary/aromatic N) is 2. The van der Waals surface area contributed by atoms with Gasteiger partial charge < -0.3 is 15.1 Å². The van der Waals surface area contributed by atoms with Crippen LogP contribution in [0.2, 0.25) is 5.02 Å². The molecule has 0 heterocycles. The van der Waals surface area contributed by atoms with E-state index in [1.54, 1.807) is 0 Å². The van der Waals surface area contributed by atoms with E-state index in [1.807, 2.05) is 36.1 Å². The minimum Gasteiger partial charge on any atom is -0.355 e. The van der Waals surface area contributed by atoms with Crippen molar-refractivity contribution in [2.24, 2.45) is 0 Å². The molecule has 5 nitrogen and oxygen atoms in total. The molecular weight excluding hydrogens is 446 g/mol.